The van der Waals surface area contributed by atoms with Gasteiger partial charge in [-0.05, 0) is 61.4 Å². The second kappa shape index (κ2) is 5.47. The number of aryl methyl sites for hydroxylation is 2. The molecule has 0 aromatic heterocycles. The number of aliphatic imine (C=N–C) groups is 1. The van der Waals surface area contributed by atoms with Crippen LogP contribution in [0.2, 0.25) is 0 Å². The number of hydrogen-bond donors (Lipinski definition) is 0. The summed E-state index contributed by atoms with van der Waals surface area (Å²) in [6.07, 6.45) is 0. The molecule has 1 aliphatic rings. The van der Waals surface area contributed by atoms with Gasteiger partial charge < -0.3 is 0 Å². The lowest BCUT2D eigenvalue weighted by atomic mass is 10.0. The molecule has 4 rings (SSSR count). The highest BCUT2D eigenvalue weighted by molar-refractivity contribution is 6.25. The van der Waals surface area contributed by atoms with E-state index in [1.807, 2.05) is 24.3 Å². The molecule has 0 amide bonds. The molecule has 3 aromatic rings. The zero-order valence-corrected chi connectivity index (χ0v) is 13.7. The number of hydrogen-bond acceptors (Lipinski definition) is 2. The van der Waals surface area contributed by atoms with Crippen molar-refractivity contribution in [3.05, 3.63) is 88.5 Å². The van der Waals surface area contributed by atoms with E-state index in [1.54, 1.807) is 0 Å². The fourth-order valence-corrected chi connectivity index (χ4v) is 3.18. The average molecular weight is 308 g/mol. The predicted octanol–water partition coefficient (Wildman–Crippen LogP) is 5.32. The first-order valence-corrected chi connectivity index (χ1v) is 7.97. The Balaban J connectivity index is 1.94. The molecule has 0 fully saturated rings. The van der Waals surface area contributed by atoms with E-state index in [4.69, 9.17) is 10.3 Å². The van der Waals surface area contributed by atoms with E-state index in [2.05, 4.69) is 56.3 Å². The van der Waals surface area contributed by atoms with Crippen molar-refractivity contribution in [2.75, 3.05) is 0 Å². The Kier molecular flexibility index (Phi) is 3.29. The van der Waals surface area contributed by atoms with Gasteiger partial charge in [-0.1, -0.05) is 35.4 Å². The molecule has 0 saturated carbocycles. The van der Waals surface area contributed by atoms with Crippen LogP contribution in [0, 0.1) is 25.2 Å². The van der Waals surface area contributed by atoms with Crippen molar-refractivity contribution in [1.29, 1.82) is 5.26 Å². The first-order chi connectivity index (χ1) is 11.7. The fraction of sp³-hybridized carbons (Fsp3) is 0.0909. The number of rotatable bonds is 1. The number of fused-ring (bicyclic) bond motifs is 3. The topological polar surface area (TPSA) is 36.1 Å². The van der Waals surface area contributed by atoms with Crippen LogP contribution in [0.5, 0.6) is 0 Å². The SMILES string of the molecule is Cc1ccc2c(c1)C(=Nc1ccc(C#N)cc1)c1cc(C)ccc1-2. The summed E-state index contributed by atoms with van der Waals surface area (Å²) in [5.41, 5.74) is 9.82. The first-order valence-electron chi connectivity index (χ1n) is 7.97. The number of nitriles is 1. The summed E-state index contributed by atoms with van der Waals surface area (Å²) < 4.78 is 0. The zero-order chi connectivity index (χ0) is 16.7. The molecule has 0 spiro atoms. The van der Waals surface area contributed by atoms with Crippen LogP contribution >= 0.6 is 0 Å². The number of nitrogens with zero attached hydrogens (tertiary/aromatic N) is 2. The van der Waals surface area contributed by atoms with Crippen LogP contribution < -0.4 is 0 Å². The van der Waals surface area contributed by atoms with Gasteiger partial charge in [-0.3, -0.25) is 0 Å². The highest BCUT2D eigenvalue weighted by Crippen LogP contribution is 2.38. The molecule has 0 aliphatic heterocycles. The Labute approximate surface area is 141 Å². The van der Waals surface area contributed by atoms with Crippen LogP contribution in [0.4, 0.5) is 5.69 Å². The summed E-state index contributed by atoms with van der Waals surface area (Å²) in [6, 6.07) is 22.6. The van der Waals surface area contributed by atoms with Gasteiger partial charge in [0.1, 0.15) is 0 Å². The van der Waals surface area contributed by atoms with Crippen LogP contribution in [0.25, 0.3) is 11.1 Å². The van der Waals surface area contributed by atoms with Gasteiger partial charge in [-0.25, -0.2) is 4.99 Å². The van der Waals surface area contributed by atoms with E-state index >= 15 is 0 Å². The van der Waals surface area contributed by atoms with Gasteiger partial charge in [0.05, 0.1) is 23.0 Å². The van der Waals surface area contributed by atoms with Crippen molar-refractivity contribution in [2.45, 2.75) is 13.8 Å². The lowest BCUT2D eigenvalue weighted by Gasteiger charge is -2.04. The minimum atomic E-state index is 0.651. The molecule has 0 N–H and O–H groups in total. The van der Waals surface area contributed by atoms with Crippen molar-refractivity contribution in [3.63, 3.8) is 0 Å². The standard InChI is InChI=1S/C22H16N2/c1-14-3-9-18-19-10-4-15(2)12-21(19)22(20(18)11-14)24-17-7-5-16(13-23)6-8-17/h3-12H,1-2H3. The first kappa shape index (κ1) is 14.4. The maximum atomic E-state index is 8.95. The Morgan fingerprint density at radius 1 is 0.708 bits per heavy atom. The van der Waals surface area contributed by atoms with Crippen molar-refractivity contribution in [1.82, 2.24) is 0 Å². The van der Waals surface area contributed by atoms with E-state index in [0.717, 1.165) is 11.4 Å². The smallest absolute Gasteiger partial charge is 0.0991 e. The van der Waals surface area contributed by atoms with E-state index in [0.29, 0.717) is 5.56 Å². The minimum Gasteiger partial charge on any atom is -0.248 e. The Hall–Kier alpha value is -3.18. The molecule has 2 heteroatoms. The van der Waals surface area contributed by atoms with Gasteiger partial charge in [0.25, 0.3) is 0 Å². The molecule has 0 bridgehead atoms. The Bertz CT molecular complexity index is 965. The van der Waals surface area contributed by atoms with Crippen LogP contribution in [0.15, 0.2) is 65.7 Å². The fourth-order valence-electron chi connectivity index (χ4n) is 3.18. The second-order valence-electron chi connectivity index (χ2n) is 6.22. The molecule has 24 heavy (non-hydrogen) atoms. The average Bonchev–Trinajstić information content (AvgIpc) is 2.88. The van der Waals surface area contributed by atoms with Crippen molar-refractivity contribution in [3.8, 4) is 17.2 Å². The predicted molar refractivity (Wildman–Crippen MR) is 97.8 cm³/mol. The molecule has 3 aromatic carbocycles. The third-order valence-corrected chi connectivity index (χ3v) is 4.39. The third kappa shape index (κ3) is 2.31. The lowest BCUT2D eigenvalue weighted by molar-refractivity contribution is 1.44. The van der Waals surface area contributed by atoms with Gasteiger partial charge in [0, 0.05) is 11.1 Å². The number of benzene rings is 3. The van der Waals surface area contributed by atoms with Crippen molar-refractivity contribution < 1.29 is 0 Å². The van der Waals surface area contributed by atoms with Crippen molar-refractivity contribution >= 4 is 11.4 Å². The summed E-state index contributed by atoms with van der Waals surface area (Å²) in [5, 5.41) is 8.95. The Morgan fingerprint density at radius 2 is 1.25 bits per heavy atom. The Morgan fingerprint density at radius 3 is 1.75 bits per heavy atom. The van der Waals surface area contributed by atoms with Crippen LogP contribution in [-0.2, 0) is 0 Å². The molecular weight excluding hydrogens is 292 g/mol. The van der Waals surface area contributed by atoms with Gasteiger partial charge >= 0.3 is 0 Å². The summed E-state index contributed by atoms with van der Waals surface area (Å²) in [5.74, 6) is 0. The van der Waals surface area contributed by atoms with E-state index in [9.17, 15) is 0 Å². The van der Waals surface area contributed by atoms with Gasteiger partial charge in [0.2, 0.25) is 0 Å². The molecule has 1 aliphatic carbocycles. The second-order valence-corrected chi connectivity index (χ2v) is 6.22. The van der Waals surface area contributed by atoms with Gasteiger partial charge in [0.15, 0.2) is 0 Å². The van der Waals surface area contributed by atoms with Gasteiger partial charge in [-0.15, -0.1) is 0 Å². The van der Waals surface area contributed by atoms with E-state index < -0.39 is 0 Å². The molecule has 114 valence electrons. The normalized spacial score (nSPS) is 11.6. The maximum absolute atomic E-state index is 8.95. The largest absolute Gasteiger partial charge is 0.248 e. The van der Waals surface area contributed by atoms with Crippen LogP contribution in [-0.4, -0.2) is 5.71 Å². The summed E-state index contributed by atoms with van der Waals surface area (Å²) in [6.45, 7) is 4.21. The molecule has 0 unspecified atom stereocenters. The van der Waals surface area contributed by atoms with Crippen LogP contribution in [0.1, 0.15) is 27.8 Å². The summed E-state index contributed by atoms with van der Waals surface area (Å²) in [4.78, 5) is 4.91. The summed E-state index contributed by atoms with van der Waals surface area (Å²) in [7, 11) is 0. The molecule has 2 nitrogen and oxygen atoms in total. The highest BCUT2D eigenvalue weighted by Gasteiger charge is 2.24. The highest BCUT2D eigenvalue weighted by atomic mass is 14.8. The molecular formula is C22H16N2. The quantitative estimate of drug-likeness (QED) is 0.468. The minimum absolute atomic E-state index is 0.651. The third-order valence-electron chi connectivity index (χ3n) is 4.39. The zero-order valence-electron chi connectivity index (χ0n) is 13.7. The molecule has 0 radical (unpaired) electrons. The lowest BCUT2D eigenvalue weighted by Crippen LogP contribution is -1.98. The summed E-state index contributed by atoms with van der Waals surface area (Å²) >= 11 is 0. The molecule has 0 saturated heterocycles. The maximum Gasteiger partial charge on any atom is 0.0991 e. The molecule has 0 heterocycles. The molecule has 0 atom stereocenters. The van der Waals surface area contributed by atoms with Crippen LogP contribution in [0.3, 0.4) is 0 Å². The monoisotopic (exact) mass is 308 g/mol. The van der Waals surface area contributed by atoms with Crippen molar-refractivity contribution in [2.24, 2.45) is 4.99 Å². The van der Waals surface area contributed by atoms with E-state index in [-0.39, 0.29) is 0 Å². The van der Waals surface area contributed by atoms with Gasteiger partial charge in [-0.2, -0.15) is 5.26 Å². The van der Waals surface area contributed by atoms with E-state index in [1.165, 1.54) is 33.4 Å².